The highest BCUT2D eigenvalue weighted by Crippen LogP contribution is 2.22. The molecule has 0 saturated heterocycles. The SMILES string of the molecule is CCCNc1cc(Oc2cccc(F)c2)nc(C)n1. The van der Waals surface area contributed by atoms with Crippen LogP contribution in [0.15, 0.2) is 30.3 Å². The number of ether oxygens (including phenoxy) is 1. The highest BCUT2D eigenvalue weighted by Gasteiger charge is 2.04. The monoisotopic (exact) mass is 261 g/mol. The Bertz CT molecular complexity index is 560. The van der Waals surface area contributed by atoms with E-state index < -0.39 is 0 Å². The lowest BCUT2D eigenvalue weighted by Crippen LogP contribution is -2.04. The third kappa shape index (κ3) is 3.91. The van der Waals surface area contributed by atoms with Crippen LogP contribution in [0, 0.1) is 12.7 Å². The van der Waals surface area contributed by atoms with Gasteiger partial charge >= 0.3 is 0 Å². The first-order valence-corrected chi connectivity index (χ1v) is 6.20. The van der Waals surface area contributed by atoms with Gasteiger partial charge in [0.25, 0.3) is 0 Å². The van der Waals surface area contributed by atoms with Gasteiger partial charge in [0.2, 0.25) is 5.88 Å². The first-order chi connectivity index (χ1) is 9.17. The lowest BCUT2D eigenvalue weighted by molar-refractivity contribution is 0.455. The van der Waals surface area contributed by atoms with Crippen molar-refractivity contribution in [2.75, 3.05) is 11.9 Å². The van der Waals surface area contributed by atoms with E-state index in [9.17, 15) is 4.39 Å². The Kier molecular flexibility index (Phi) is 4.28. The molecule has 1 aromatic carbocycles. The summed E-state index contributed by atoms with van der Waals surface area (Å²) in [5.74, 6) is 1.79. The number of nitrogens with zero attached hydrogens (tertiary/aromatic N) is 2. The van der Waals surface area contributed by atoms with Crippen LogP contribution in [0.4, 0.5) is 10.2 Å². The lowest BCUT2D eigenvalue weighted by Gasteiger charge is -2.08. The van der Waals surface area contributed by atoms with E-state index in [2.05, 4.69) is 22.2 Å². The number of benzene rings is 1. The zero-order valence-electron chi connectivity index (χ0n) is 11.0. The molecular formula is C14H16FN3O. The quantitative estimate of drug-likeness (QED) is 0.894. The van der Waals surface area contributed by atoms with Crippen LogP contribution in [0.5, 0.6) is 11.6 Å². The summed E-state index contributed by atoms with van der Waals surface area (Å²) < 4.78 is 18.6. The van der Waals surface area contributed by atoms with Gasteiger partial charge in [-0.05, 0) is 25.5 Å². The molecule has 0 aliphatic rings. The van der Waals surface area contributed by atoms with E-state index in [1.165, 1.54) is 12.1 Å². The number of hydrogen-bond donors (Lipinski definition) is 1. The van der Waals surface area contributed by atoms with Gasteiger partial charge < -0.3 is 10.1 Å². The minimum Gasteiger partial charge on any atom is -0.439 e. The maximum Gasteiger partial charge on any atom is 0.224 e. The molecule has 0 saturated carbocycles. The van der Waals surface area contributed by atoms with Crippen molar-refractivity contribution in [2.45, 2.75) is 20.3 Å². The Hall–Kier alpha value is -2.17. The number of hydrogen-bond acceptors (Lipinski definition) is 4. The van der Waals surface area contributed by atoms with E-state index in [1.807, 2.05) is 0 Å². The first-order valence-electron chi connectivity index (χ1n) is 6.20. The number of rotatable bonds is 5. The number of anilines is 1. The van der Waals surface area contributed by atoms with Crippen LogP contribution in [0.1, 0.15) is 19.2 Å². The van der Waals surface area contributed by atoms with Crippen molar-refractivity contribution >= 4 is 5.82 Å². The average Bonchev–Trinajstić information content (AvgIpc) is 2.35. The molecule has 0 atom stereocenters. The maximum atomic E-state index is 13.1. The van der Waals surface area contributed by atoms with Gasteiger partial charge in [-0.1, -0.05) is 13.0 Å². The van der Waals surface area contributed by atoms with Crippen LogP contribution in [-0.4, -0.2) is 16.5 Å². The van der Waals surface area contributed by atoms with Crippen LogP contribution in [0.2, 0.25) is 0 Å². The van der Waals surface area contributed by atoms with Gasteiger partial charge in [0.15, 0.2) is 0 Å². The predicted molar refractivity (Wildman–Crippen MR) is 72.0 cm³/mol. The van der Waals surface area contributed by atoms with Crippen molar-refractivity contribution in [3.8, 4) is 11.6 Å². The second-order valence-corrected chi connectivity index (χ2v) is 4.12. The van der Waals surface area contributed by atoms with E-state index in [0.717, 1.165) is 13.0 Å². The molecule has 2 aromatic rings. The summed E-state index contributed by atoms with van der Waals surface area (Å²) in [5.41, 5.74) is 0. The van der Waals surface area contributed by atoms with Crippen molar-refractivity contribution in [2.24, 2.45) is 0 Å². The Morgan fingerprint density at radius 1 is 1.26 bits per heavy atom. The zero-order chi connectivity index (χ0) is 13.7. The molecule has 100 valence electrons. The molecule has 0 bridgehead atoms. The van der Waals surface area contributed by atoms with Gasteiger partial charge in [0.05, 0.1) is 0 Å². The maximum absolute atomic E-state index is 13.1. The van der Waals surface area contributed by atoms with Gasteiger partial charge in [-0.15, -0.1) is 0 Å². The van der Waals surface area contributed by atoms with E-state index in [-0.39, 0.29) is 5.82 Å². The fourth-order valence-electron chi connectivity index (χ4n) is 1.59. The van der Waals surface area contributed by atoms with Crippen molar-refractivity contribution < 1.29 is 9.13 Å². The molecule has 0 radical (unpaired) electrons. The minimum atomic E-state index is -0.340. The Balaban J connectivity index is 2.17. The third-order valence-electron chi connectivity index (χ3n) is 2.39. The normalized spacial score (nSPS) is 10.3. The summed E-state index contributed by atoms with van der Waals surface area (Å²) in [6.07, 6.45) is 1.00. The molecule has 5 heteroatoms. The molecule has 4 nitrogen and oxygen atoms in total. The number of aromatic nitrogens is 2. The van der Waals surface area contributed by atoms with Crippen LogP contribution < -0.4 is 10.1 Å². The molecule has 0 unspecified atom stereocenters. The predicted octanol–water partition coefficient (Wildman–Crippen LogP) is 3.54. The highest BCUT2D eigenvalue weighted by atomic mass is 19.1. The fourth-order valence-corrected chi connectivity index (χ4v) is 1.59. The van der Waals surface area contributed by atoms with E-state index >= 15 is 0 Å². The molecule has 0 aliphatic heterocycles. The van der Waals surface area contributed by atoms with Crippen molar-refractivity contribution in [1.82, 2.24) is 9.97 Å². The Morgan fingerprint density at radius 2 is 2.11 bits per heavy atom. The molecule has 1 heterocycles. The Morgan fingerprint density at radius 3 is 2.84 bits per heavy atom. The van der Waals surface area contributed by atoms with Crippen LogP contribution >= 0.6 is 0 Å². The van der Waals surface area contributed by atoms with Gasteiger partial charge in [0.1, 0.15) is 23.2 Å². The summed E-state index contributed by atoms with van der Waals surface area (Å²) in [5, 5.41) is 3.17. The second-order valence-electron chi connectivity index (χ2n) is 4.12. The molecule has 0 aliphatic carbocycles. The second kappa shape index (κ2) is 6.13. The largest absolute Gasteiger partial charge is 0.439 e. The average molecular weight is 261 g/mol. The van der Waals surface area contributed by atoms with Gasteiger partial charge in [-0.3, -0.25) is 0 Å². The number of halogens is 1. The third-order valence-corrected chi connectivity index (χ3v) is 2.39. The summed E-state index contributed by atoms with van der Waals surface area (Å²) >= 11 is 0. The van der Waals surface area contributed by atoms with Crippen LogP contribution in [0.25, 0.3) is 0 Å². The molecule has 19 heavy (non-hydrogen) atoms. The number of aryl methyl sites for hydroxylation is 1. The molecule has 0 amide bonds. The van der Waals surface area contributed by atoms with Crippen molar-refractivity contribution in [1.29, 1.82) is 0 Å². The fraction of sp³-hybridized carbons (Fsp3) is 0.286. The molecule has 2 rings (SSSR count). The molecule has 0 spiro atoms. The standard InChI is InChI=1S/C14H16FN3O/c1-3-7-16-13-9-14(18-10(2)17-13)19-12-6-4-5-11(15)8-12/h4-6,8-9H,3,7H2,1-2H3,(H,16,17,18). The topological polar surface area (TPSA) is 47.0 Å². The van der Waals surface area contributed by atoms with Crippen molar-refractivity contribution in [3.63, 3.8) is 0 Å². The van der Waals surface area contributed by atoms with Crippen LogP contribution in [-0.2, 0) is 0 Å². The molecule has 1 N–H and O–H groups in total. The zero-order valence-corrected chi connectivity index (χ0v) is 11.0. The number of nitrogens with one attached hydrogen (secondary N) is 1. The molecule has 0 fully saturated rings. The van der Waals surface area contributed by atoms with Crippen molar-refractivity contribution in [3.05, 3.63) is 42.0 Å². The van der Waals surface area contributed by atoms with E-state index in [4.69, 9.17) is 4.74 Å². The van der Waals surface area contributed by atoms with E-state index in [0.29, 0.717) is 23.3 Å². The smallest absolute Gasteiger partial charge is 0.224 e. The molecule has 1 aromatic heterocycles. The molecular weight excluding hydrogens is 245 g/mol. The summed E-state index contributed by atoms with van der Waals surface area (Å²) in [6.45, 7) is 4.69. The van der Waals surface area contributed by atoms with Gasteiger partial charge in [0, 0.05) is 18.7 Å². The summed E-state index contributed by atoms with van der Waals surface area (Å²) in [4.78, 5) is 8.43. The van der Waals surface area contributed by atoms with Crippen LogP contribution in [0.3, 0.4) is 0 Å². The van der Waals surface area contributed by atoms with Gasteiger partial charge in [-0.25, -0.2) is 9.37 Å². The Labute approximate surface area is 111 Å². The minimum absolute atomic E-state index is 0.340. The van der Waals surface area contributed by atoms with E-state index in [1.54, 1.807) is 25.1 Å². The summed E-state index contributed by atoms with van der Waals surface area (Å²) in [7, 11) is 0. The highest BCUT2D eigenvalue weighted by molar-refractivity contribution is 5.40. The first kappa shape index (κ1) is 13.3. The van der Waals surface area contributed by atoms with Gasteiger partial charge in [-0.2, -0.15) is 4.98 Å². The lowest BCUT2D eigenvalue weighted by atomic mass is 10.3. The summed E-state index contributed by atoms with van der Waals surface area (Å²) in [6, 6.07) is 7.66.